The molecule has 4 rings (SSSR count). The first-order valence-electron chi connectivity index (χ1n) is 10.1. The number of carbonyl (C=O) groups excluding carboxylic acids is 2. The molecule has 3 aromatic rings. The topological polar surface area (TPSA) is 97.1 Å². The predicted octanol–water partition coefficient (Wildman–Crippen LogP) is 3.92. The van der Waals surface area contributed by atoms with Crippen LogP contribution < -0.4 is 10.6 Å². The molecular formula is C21H24N4O3S2. The van der Waals surface area contributed by atoms with Gasteiger partial charge in [0.25, 0.3) is 5.91 Å². The van der Waals surface area contributed by atoms with Crippen LogP contribution in [0.1, 0.15) is 56.7 Å². The fraction of sp³-hybridized carbons (Fsp3) is 0.429. The number of nitrogens with zero attached hydrogens (tertiary/aromatic N) is 2. The summed E-state index contributed by atoms with van der Waals surface area (Å²) in [6, 6.07) is 1.62. The maximum absolute atomic E-state index is 12.2. The first-order valence-corrected chi connectivity index (χ1v) is 11.8. The van der Waals surface area contributed by atoms with Crippen LogP contribution in [0.25, 0.3) is 0 Å². The van der Waals surface area contributed by atoms with Crippen molar-refractivity contribution in [2.45, 2.75) is 51.9 Å². The van der Waals surface area contributed by atoms with Crippen LogP contribution in [0.15, 0.2) is 22.1 Å². The normalized spacial score (nSPS) is 13.1. The fourth-order valence-corrected chi connectivity index (χ4v) is 5.34. The quantitative estimate of drug-likeness (QED) is 0.513. The second kappa shape index (κ2) is 9.53. The summed E-state index contributed by atoms with van der Waals surface area (Å²) < 4.78 is 5.14. The third-order valence-corrected chi connectivity index (χ3v) is 7.02. The minimum atomic E-state index is -0.268. The van der Waals surface area contributed by atoms with Crippen LogP contribution in [0.5, 0.6) is 0 Å². The number of carbonyl (C=O) groups is 2. The van der Waals surface area contributed by atoms with Crippen LogP contribution in [0, 0.1) is 6.92 Å². The van der Waals surface area contributed by atoms with E-state index in [0.29, 0.717) is 28.7 Å². The standard InChI is InChI=1S/C21H24N4O3S2/c1-13-15(8-10-28-13)20(27)25-21-23-14(12-29-21)11-18(26)22-9-4-7-19-24-16-5-2-3-6-17(16)30-19/h8,10,12H,2-7,9,11H2,1H3,(H,22,26)(H,23,25,27). The van der Waals surface area contributed by atoms with E-state index in [-0.39, 0.29) is 18.2 Å². The first-order chi connectivity index (χ1) is 14.6. The number of anilines is 1. The molecule has 1 aliphatic carbocycles. The molecular weight excluding hydrogens is 420 g/mol. The highest BCUT2D eigenvalue weighted by molar-refractivity contribution is 7.14. The van der Waals surface area contributed by atoms with Gasteiger partial charge in [0.2, 0.25) is 5.91 Å². The number of amides is 2. The zero-order valence-corrected chi connectivity index (χ0v) is 18.5. The van der Waals surface area contributed by atoms with Gasteiger partial charge in [-0.2, -0.15) is 0 Å². The van der Waals surface area contributed by atoms with Crippen molar-refractivity contribution in [3.8, 4) is 0 Å². The molecule has 0 aromatic carbocycles. The van der Waals surface area contributed by atoms with Gasteiger partial charge in [-0.25, -0.2) is 9.97 Å². The summed E-state index contributed by atoms with van der Waals surface area (Å²) in [7, 11) is 0. The molecule has 1 aliphatic rings. The van der Waals surface area contributed by atoms with Crippen molar-refractivity contribution in [3.05, 3.63) is 50.3 Å². The van der Waals surface area contributed by atoms with E-state index in [0.717, 1.165) is 19.3 Å². The highest BCUT2D eigenvalue weighted by atomic mass is 32.1. The molecule has 3 aromatic heterocycles. The number of rotatable bonds is 8. The Bertz CT molecular complexity index is 1010. The summed E-state index contributed by atoms with van der Waals surface area (Å²) in [6.45, 7) is 2.35. The lowest BCUT2D eigenvalue weighted by atomic mass is 10.0. The van der Waals surface area contributed by atoms with Gasteiger partial charge in [-0.05, 0) is 45.1 Å². The minimum Gasteiger partial charge on any atom is -0.469 e. The van der Waals surface area contributed by atoms with Crippen LogP contribution in [0.2, 0.25) is 0 Å². The molecule has 0 saturated heterocycles. The molecule has 3 heterocycles. The lowest BCUT2D eigenvalue weighted by Gasteiger charge is -2.06. The van der Waals surface area contributed by atoms with Gasteiger partial charge in [0.1, 0.15) is 5.76 Å². The molecule has 0 atom stereocenters. The van der Waals surface area contributed by atoms with Crippen molar-refractivity contribution >= 4 is 39.6 Å². The fourth-order valence-electron chi connectivity index (χ4n) is 3.44. The van der Waals surface area contributed by atoms with Gasteiger partial charge in [-0.15, -0.1) is 22.7 Å². The molecule has 0 radical (unpaired) electrons. The Hall–Kier alpha value is -2.52. The smallest absolute Gasteiger partial charge is 0.260 e. The van der Waals surface area contributed by atoms with E-state index in [1.165, 1.54) is 52.4 Å². The first kappa shape index (κ1) is 20.7. The van der Waals surface area contributed by atoms with E-state index >= 15 is 0 Å². The monoisotopic (exact) mass is 444 g/mol. The number of hydrogen-bond donors (Lipinski definition) is 2. The Morgan fingerprint density at radius 1 is 1.23 bits per heavy atom. The molecule has 0 aliphatic heterocycles. The van der Waals surface area contributed by atoms with E-state index in [1.54, 1.807) is 18.4 Å². The SMILES string of the molecule is Cc1occc1C(=O)Nc1nc(CC(=O)NCCCc2nc3c(s2)CCCC3)cs1. The van der Waals surface area contributed by atoms with Crippen LogP contribution in [-0.4, -0.2) is 28.3 Å². The molecule has 9 heteroatoms. The second-order valence-corrected chi connectivity index (χ2v) is 9.33. The maximum atomic E-state index is 12.2. The van der Waals surface area contributed by atoms with Gasteiger partial charge in [0.05, 0.1) is 34.6 Å². The number of hydrogen-bond acceptors (Lipinski definition) is 7. The molecule has 7 nitrogen and oxygen atoms in total. The van der Waals surface area contributed by atoms with Crippen molar-refractivity contribution in [2.75, 3.05) is 11.9 Å². The van der Waals surface area contributed by atoms with Crippen LogP contribution in [-0.2, 0) is 30.5 Å². The van der Waals surface area contributed by atoms with Gasteiger partial charge in [-0.3, -0.25) is 14.9 Å². The zero-order valence-electron chi connectivity index (χ0n) is 16.8. The summed E-state index contributed by atoms with van der Waals surface area (Å²) in [5.74, 6) is 0.222. The lowest BCUT2D eigenvalue weighted by molar-refractivity contribution is -0.120. The van der Waals surface area contributed by atoms with E-state index in [1.807, 2.05) is 11.3 Å². The number of thiazole rings is 2. The van der Waals surface area contributed by atoms with E-state index in [2.05, 4.69) is 15.6 Å². The van der Waals surface area contributed by atoms with Crippen molar-refractivity contribution < 1.29 is 14.0 Å². The summed E-state index contributed by atoms with van der Waals surface area (Å²) >= 11 is 3.13. The molecule has 2 amide bonds. The van der Waals surface area contributed by atoms with E-state index < -0.39 is 0 Å². The van der Waals surface area contributed by atoms with Gasteiger partial charge < -0.3 is 9.73 Å². The molecule has 0 bridgehead atoms. The molecule has 0 unspecified atom stereocenters. The van der Waals surface area contributed by atoms with Crippen molar-refractivity contribution in [1.82, 2.24) is 15.3 Å². The van der Waals surface area contributed by atoms with E-state index in [4.69, 9.17) is 9.40 Å². The number of aryl methyl sites for hydroxylation is 4. The van der Waals surface area contributed by atoms with Crippen molar-refractivity contribution in [2.24, 2.45) is 0 Å². The van der Waals surface area contributed by atoms with Gasteiger partial charge in [-0.1, -0.05) is 0 Å². The minimum absolute atomic E-state index is 0.0673. The summed E-state index contributed by atoms with van der Waals surface area (Å²) in [5.41, 5.74) is 2.41. The molecule has 0 saturated carbocycles. The van der Waals surface area contributed by atoms with Gasteiger partial charge >= 0.3 is 0 Å². The Labute approximate surface area is 182 Å². The molecule has 0 fully saturated rings. The highest BCUT2D eigenvalue weighted by Gasteiger charge is 2.16. The zero-order chi connectivity index (χ0) is 20.9. The summed E-state index contributed by atoms with van der Waals surface area (Å²) in [5, 5.41) is 9.13. The van der Waals surface area contributed by atoms with Gasteiger partial charge in [0.15, 0.2) is 5.13 Å². The summed E-state index contributed by atoms with van der Waals surface area (Å²) in [6.07, 6.45) is 8.25. The molecule has 158 valence electrons. The Morgan fingerprint density at radius 3 is 2.90 bits per heavy atom. The van der Waals surface area contributed by atoms with Crippen molar-refractivity contribution in [3.63, 3.8) is 0 Å². The third-order valence-electron chi connectivity index (χ3n) is 5.00. The van der Waals surface area contributed by atoms with Crippen LogP contribution in [0.4, 0.5) is 5.13 Å². The predicted molar refractivity (Wildman–Crippen MR) is 117 cm³/mol. The Kier molecular flexibility index (Phi) is 6.59. The lowest BCUT2D eigenvalue weighted by Crippen LogP contribution is -2.26. The maximum Gasteiger partial charge on any atom is 0.260 e. The van der Waals surface area contributed by atoms with Crippen LogP contribution in [0.3, 0.4) is 0 Å². The number of nitrogens with one attached hydrogen (secondary N) is 2. The van der Waals surface area contributed by atoms with E-state index in [9.17, 15) is 9.59 Å². The highest BCUT2D eigenvalue weighted by Crippen LogP contribution is 2.27. The summed E-state index contributed by atoms with van der Waals surface area (Å²) in [4.78, 5) is 34.9. The second-order valence-electron chi connectivity index (χ2n) is 7.30. The average Bonchev–Trinajstić information content (AvgIpc) is 3.44. The largest absolute Gasteiger partial charge is 0.469 e. The van der Waals surface area contributed by atoms with Crippen LogP contribution >= 0.6 is 22.7 Å². The molecule has 30 heavy (non-hydrogen) atoms. The molecule has 2 N–H and O–H groups in total. The number of furan rings is 1. The van der Waals surface area contributed by atoms with Gasteiger partial charge in [0, 0.05) is 23.2 Å². The molecule has 0 spiro atoms. The number of aromatic nitrogens is 2. The average molecular weight is 445 g/mol. The van der Waals surface area contributed by atoms with Crippen molar-refractivity contribution in [1.29, 1.82) is 0 Å². The third kappa shape index (κ3) is 5.14. The Morgan fingerprint density at radius 2 is 2.10 bits per heavy atom. The Balaban J connectivity index is 1.19. The number of fused-ring (bicyclic) bond motifs is 1.